The molecular formula is C14H22ClNOS. The van der Waals surface area contributed by atoms with E-state index in [2.05, 4.69) is 32.6 Å². The van der Waals surface area contributed by atoms with Crippen molar-refractivity contribution in [2.75, 3.05) is 19.6 Å². The maximum absolute atomic E-state index is 12.1. The summed E-state index contributed by atoms with van der Waals surface area (Å²) < 4.78 is 0.678. The number of hydrogen-bond donors (Lipinski definition) is 0. The zero-order chi connectivity index (χ0) is 13.7. The van der Waals surface area contributed by atoms with Crippen molar-refractivity contribution >= 4 is 28.7 Å². The van der Waals surface area contributed by atoms with Gasteiger partial charge in [-0.3, -0.25) is 9.69 Å². The van der Waals surface area contributed by atoms with Gasteiger partial charge in [0.1, 0.15) is 0 Å². The fourth-order valence-corrected chi connectivity index (χ4v) is 2.95. The Balaban J connectivity index is 2.61. The summed E-state index contributed by atoms with van der Waals surface area (Å²) >= 11 is 7.23. The number of carbonyl (C=O) groups excluding carboxylic acids is 1. The number of Topliss-reactive ketones (excluding diaryl/α,β-unsaturated/α-hetero) is 1. The number of thiophene rings is 1. The Kier molecular flexibility index (Phi) is 6.33. The minimum atomic E-state index is 0.174. The van der Waals surface area contributed by atoms with Crippen LogP contribution in [0.4, 0.5) is 0 Å². The SMILES string of the molecule is CC(C)CN(CC(=O)c1ccc(Cl)s1)CC(C)C. The minimum absolute atomic E-state index is 0.174. The van der Waals surface area contributed by atoms with Gasteiger partial charge in [-0.15, -0.1) is 11.3 Å². The molecule has 1 aromatic rings. The summed E-state index contributed by atoms with van der Waals surface area (Å²) in [6, 6.07) is 3.60. The van der Waals surface area contributed by atoms with Gasteiger partial charge in [0.2, 0.25) is 0 Å². The Morgan fingerprint density at radius 3 is 2.17 bits per heavy atom. The zero-order valence-corrected chi connectivity index (χ0v) is 13.1. The number of hydrogen-bond acceptors (Lipinski definition) is 3. The highest BCUT2D eigenvalue weighted by atomic mass is 35.5. The maximum atomic E-state index is 12.1. The van der Waals surface area contributed by atoms with E-state index in [9.17, 15) is 4.79 Å². The van der Waals surface area contributed by atoms with Crippen LogP contribution < -0.4 is 0 Å². The molecule has 0 aliphatic rings. The molecule has 0 aromatic carbocycles. The lowest BCUT2D eigenvalue weighted by molar-refractivity contribution is 0.0916. The van der Waals surface area contributed by atoms with Crippen molar-refractivity contribution in [3.8, 4) is 0 Å². The van der Waals surface area contributed by atoms with Gasteiger partial charge in [0.25, 0.3) is 0 Å². The van der Waals surface area contributed by atoms with Crippen molar-refractivity contribution in [1.82, 2.24) is 4.90 Å². The molecular weight excluding hydrogens is 266 g/mol. The molecule has 1 heterocycles. The third kappa shape index (κ3) is 5.51. The molecule has 0 amide bonds. The van der Waals surface area contributed by atoms with Crippen molar-refractivity contribution in [1.29, 1.82) is 0 Å². The highest BCUT2D eigenvalue weighted by Crippen LogP contribution is 2.22. The van der Waals surface area contributed by atoms with E-state index in [1.807, 2.05) is 6.07 Å². The van der Waals surface area contributed by atoms with Gasteiger partial charge in [0.15, 0.2) is 5.78 Å². The van der Waals surface area contributed by atoms with Gasteiger partial charge in [0.05, 0.1) is 15.8 Å². The van der Waals surface area contributed by atoms with Crippen molar-refractivity contribution < 1.29 is 4.79 Å². The first-order valence-corrected chi connectivity index (χ1v) is 7.58. The molecule has 1 aromatic heterocycles. The van der Waals surface area contributed by atoms with Gasteiger partial charge in [-0.2, -0.15) is 0 Å². The number of ketones is 1. The predicted octanol–water partition coefficient (Wildman–Crippen LogP) is 4.20. The number of halogens is 1. The van der Waals surface area contributed by atoms with Gasteiger partial charge in [-0.25, -0.2) is 0 Å². The van der Waals surface area contributed by atoms with Gasteiger partial charge in [-0.1, -0.05) is 39.3 Å². The lowest BCUT2D eigenvalue weighted by Crippen LogP contribution is -2.35. The molecule has 0 atom stereocenters. The number of carbonyl (C=O) groups is 1. The summed E-state index contributed by atoms with van der Waals surface area (Å²) in [7, 11) is 0. The first-order valence-electron chi connectivity index (χ1n) is 6.39. The van der Waals surface area contributed by atoms with Crippen molar-refractivity contribution in [3.63, 3.8) is 0 Å². The largest absolute Gasteiger partial charge is 0.295 e. The highest BCUT2D eigenvalue weighted by Gasteiger charge is 2.16. The lowest BCUT2D eigenvalue weighted by Gasteiger charge is -2.25. The van der Waals surface area contributed by atoms with Crippen LogP contribution in [0.15, 0.2) is 12.1 Å². The molecule has 0 radical (unpaired) electrons. The number of nitrogens with zero attached hydrogens (tertiary/aromatic N) is 1. The standard InChI is InChI=1S/C14H22ClNOS/c1-10(2)7-16(8-11(3)4)9-12(17)13-5-6-14(15)18-13/h5-6,10-11H,7-9H2,1-4H3. The summed E-state index contributed by atoms with van der Waals surface area (Å²) in [4.78, 5) is 15.1. The van der Waals surface area contributed by atoms with Gasteiger partial charge < -0.3 is 0 Å². The predicted molar refractivity (Wildman–Crippen MR) is 79.8 cm³/mol. The molecule has 0 aliphatic heterocycles. The van der Waals surface area contributed by atoms with E-state index in [0.717, 1.165) is 18.0 Å². The Morgan fingerprint density at radius 2 is 1.78 bits per heavy atom. The van der Waals surface area contributed by atoms with Gasteiger partial charge >= 0.3 is 0 Å². The van der Waals surface area contributed by atoms with Crippen LogP contribution in [-0.4, -0.2) is 30.3 Å². The normalized spacial score (nSPS) is 11.8. The van der Waals surface area contributed by atoms with E-state index < -0.39 is 0 Å². The average molecular weight is 288 g/mol. The molecule has 0 saturated heterocycles. The summed E-state index contributed by atoms with van der Waals surface area (Å²) in [5.74, 6) is 1.32. The minimum Gasteiger partial charge on any atom is -0.295 e. The van der Waals surface area contributed by atoms with Gasteiger partial charge in [-0.05, 0) is 24.0 Å². The second-order valence-electron chi connectivity index (χ2n) is 5.51. The van der Waals surface area contributed by atoms with Crippen LogP contribution in [0.25, 0.3) is 0 Å². The third-order valence-corrected chi connectivity index (χ3v) is 3.73. The Bertz CT molecular complexity index is 377. The monoisotopic (exact) mass is 287 g/mol. The summed E-state index contributed by atoms with van der Waals surface area (Å²) in [5, 5.41) is 0. The smallest absolute Gasteiger partial charge is 0.186 e. The first kappa shape index (κ1) is 15.7. The fourth-order valence-electron chi connectivity index (χ4n) is 1.98. The first-order chi connectivity index (χ1) is 8.38. The fraction of sp³-hybridized carbons (Fsp3) is 0.643. The van der Waals surface area contributed by atoms with Crippen LogP contribution >= 0.6 is 22.9 Å². The number of rotatable bonds is 7. The molecule has 0 fully saturated rings. The molecule has 0 bridgehead atoms. The van der Waals surface area contributed by atoms with Gasteiger partial charge in [0, 0.05) is 13.1 Å². The quantitative estimate of drug-likeness (QED) is 0.701. The molecule has 18 heavy (non-hydrogen) atoms. The molecule has 0 aliphatic carbocycles. The van der Waals surface area contributed by atoms with Crippen molar-refractivity contribution in [2.45, 2.75) is 27.7 Å². The van der Waals surface area contributed by atoms with Crippen LogP contribution in [0, 0.1) is 11.8 Å². The summed E-state index contributed by atoms with van der Waals surface area (Å²) in [5.41, 5.74) is 0. The Hall–Kier alpha value is -0.380. The van der Waals surface area contributed by atoms with Crippen LogP contribution in [0.3, 0.4) is 0 Å². The van der Waals surface area contributed by atoms with Crippen LogP contribution in [-0.2, 0) is 0 Å². The molecule has 0 spiro atoms. The zero-order valence-electron chi connectivity index (χ0n) is 11.6. The Labute approximate surface area is 119 Å². The maximum Gasteiger partial charge on any atom is 0.186 e. The van der Waals surface area contributed by atoms with Crippen LogP contribution in [0.1, 0.15) is 37.4 Å². The van der Waals surface area contributed by atoms with E-state index in [0.29, 0.717) is 22.7 Å². The second-order valence-corrected chi connectivity index (χ2v) is 7.22. The van der Waals surface area contributed by atoms with Crippen molar-refractivity contribution in [2.24, 2.45) is 11.8 Å². The molecule has 0 N–H and O–H groups in total. The Morgan fingerprint density at radius 1 is 1.22 bits per heavy atom. The van der Waals surface area contributed by atoms with E-state index in [1.54, 1.807) is 6.07 Å². The average Bonchev–Trinajstić information content (AvgIpc) is 2.62. The van der Waals surface area contributed by atoms with Crippen molar-refractivity contribution in [3.05, 3.63) is 21.3 Å². The molecule has 102 valence electrons. The topological polar surface area (TPSA) is 20.3 Å². The van der Waals surface area contributed by atoms with E-state index in [-0.39, 0.29) is 5.78 Å². The highest BCUT2D eigenvalue weighted by molar-refractivity contribution is 7.18. The van der Waals surface area contributed by atoms with E-state index in [4.69, 9.17) is 11.6 Å². The lowest BCUT2D eigenvalue weighted by atomic mass is 10.1. The van der Waals surface area contributed by atoms with Crippen LogP contribution in [0.5, 0.6) is 0 Å². The van der Waals surface area contributed by atoms with E-state index >= 15 is 0 Å². The molecule has 0 unspecified atom stereocenters. The summed E-state index contributed by atoms with van der Waals surface area (Å²) in [6.07, 6.45) is 0. The molecule has 1 rings (SSSR count). The third-order valence-electron chi connectivity index (χ3n) is 2.46. The molecule has 0 saturated carbocycles. The summed E-state index contributed by atoms with van der Waals surface area (Å²) in [6.45, 7) is 11.1. The van der Waals surface area contributed by atoms with Crippen LogP contribution in [0.2, 0.25) is 4.34 Å². The van der Waals surface area contributed by atoms with E-state index in [1.165, 1.54) is 11.3 Å². The second kappa shape index (κ2) is 7.27. The molecule has 2 nitrogen and oxygen atoms in total. The molecule has 4 heteroatoms.